The van der Waals surface area contributed by atoms with Gasteiger partial charge in [0, 0.05) is 22.6 Å². The fraction of sp³-hybridized carbons (Fsp3) is 0.333. The molecule has 1 aliphatic rings. The Morgan fingerprint density at radius 3 is 3.10 bits per heavy atom. The van der Waals surface area contributed by atoms with Crippen molar-refractivity contribution in [3.63, 3.8) is 0 Å². The third kappa shape index (κ3) is 2.31. The maximum Gasteiger partial charge on any atom is 0.254 e. The molecule has 1 aliphatic heterocycles. The van der Waals surface area contributed by atoms with Crippen molar-refractivity contribution in [1.29, 1.82) is 0 Å². The van der Waals surface area contributed by atoms with E-state index in [1.54, 1.807) is 17.2 Å². The highest BCUT2D eigenvalue weighted by Crippen LogP contribution is 2.25. The van der Waals surface area contributed by atoms with E-state index in [9.17, 15) is 9.90 Å². The van der Waals surface area contributed by atoms with Crippen LogP contribution in [-0.4, -0.2) is 40.1 Å². The molecule has 0 aliphatic carbocycles. The van der Waals surface area contributed by atoms with Crippen molar-refractivity contribution in [1.82, 2.24) is 9.88 Å². The molecule has 2 heterocycles. The second kappa shape index (κ2) is 5.50. The zero-order valence-electron chi connectivity index (χ0n) is 10.9. The summed E-state index contributed by atoms with van der Waals surface area (Å²) >= 11 is 3.43. The van der Waals surface area contributed by atoms with Crippen LogP contribution in [0, 0.1) is 0 Å². The number of aromatic nitrogens is 1. The van der Waals surface area contributed by atoms with Crippen molar-refractivity contribution in [2.45, 2.75) is 18.9 Å². The van der Waals surface area contributed by atoms with Gasteiger partial charge in [-0.15, -0.1) is 0 Å². The number of hydrogen-bond donors (Lipinski definition) is 1. The molecule has 0 radical (unpaired) electrons. The molecule has 3 rings (SSSR count). The molecule has 1 N–H and O–H groups in total. The maximum absolute atomic E-state index is 12.7. The van der Waals surface area contributed by atoms with Crippen LogP contribution in [0.1, 0.15) is 23.2 Å². The third-order valence-electron chi connectivity index (χ3n) is 3.78. The van der Waals surface area contributed by atoms with Crippen LogP contribution in [0.3, 0.4) is 0 Å². The van der Waals surface area contributed by atoms with Crippen LogP contribution in [0.5, 0.6) is 0 Å². The number of aliphatic hydroxyl groups excluding tert-OH is 1. The number of rotatable bonds is 2. The molecule has 1 saturated heterocycles. The van der Waals surface area contributed by atoms with Crippen LogP contribution in [-0.2, 0) is 0 Å². The number of aliphatic hydroxyl groups is 1. The van der Waals surface area contributed by atoms with Crippen molar-refractivity contribution in [2.75, 3.05) is 13.2 Å². The Kier molecular flexibility index (Phi) is 3.72. The summed E-state index contributed by atoms with van der Waals surface area (Å²) in [5, 5.41) is 10.2. The van der Waals surface area contributed by atoms with Gasteiger partial charge in [-0.1, -0.05) is 15.9 Å². The molecule has 5 heteroatoms. The molecular weight excluding hydrogens is 320 g/mol. The van der Waals surface area contributed by atoms with Crippen LogP contribution in [0.25, 0.3) is 10.9 Å². The van der Waals surface area contributed by atoms with E-state index in [-0.39, 0.29) is 18.6 Å². The number of amides is 1. The first kappa shape index (κ1) is 13.5. The Hall–Kier alpha value is -1.46. The number of hydrogen-bond acceptors (Lipinski definition) is 3. The Morgan fingerprint density at radius 2 is 2.30 bits per heavy atom. The highest BCUT2D eigenvalue weighted by molar-refractivity contribution is 9.10. The maximum atomic E-state index is 12.7. The van der Waals surface area contributed by atoms with Gasteiger partial charge in [-0.25, -0.2) is 0 Å². The van der Waals surface area contributed by atoms with Gasteiger partial charge in [0.1, 0.15) is 0 Å². The summed E-state index contributed by atoms with van der Waals surface area (Å²) in [6, 6.07) is 7.42. The van der Waals surface area contributed by atoms with Gasteiger partial charge >= 0.3 is 0 Å². The minimum Gasteiger partial charge on any atom is -0.394 e. The normalized spacial score (nSPS) is 18.7. The number of carbonyl (C=O) groups is 1. The predicted molar refractivity (Wildman–Crippen MR) is 80.6 cm³/mol. The van der Waals surface area contributed by atoms with Crippen LogP contribution < -0.4 is 0 Å². The summed E-state index contributed by atoms with van der Waals surface area (Å²) in [5.41, 5.74) is 1.45. The highest BCUT2D eigenvalue weighted by atomic mass is 79.9. The van der Waals surface area contributed by atoms with E-state index in [0.29, 0.717) is 12.1 Å². The summed E-state index contributed by atoms with van der Waals surface area (Å²) in [4.78, 5) is 18.8. The molecule has 0 saturated carbocycles. The SMILES string of the molecule is O=C(c1ccnc2ccc(Br)cc12)N1CCC[C@@H]1CO. The van der Waals surface area contributed by atoms with Gasteiger partial charge < -0.3 is 10.0 Å². The standard InChI is InChI=1S/C15H15BrN2O2/c16-10-3-4-14-13(8-10)12(5-6-17-14)15(20)18-7-1-2-11(18)9-19/h3-6,8,11,19H,1-2,7,9H2/t11-/m1/s1. The highest BCUT2D eigenvalue weighted by Gasteiger charge is 2.29. The van der Waals surface area contributed by atoms with Crippen molar-refractivity contribution in [2.24, 2.45) is 0 Å². The zero-order chi connectivity index (χ0) is 14.1. The number of halogens is 1. The number of pyridine rings is 1. The molecule has 20 heavy (non-hydrogen) atoms. The average molecular weight is 335 g/mol. The number of fused-ring (bicyclic) bond motifs is 1. The van der Waals surface area contributed by atoms with Crippen LogP contribution >= 0.6 is 15.9 Å². The summed E-state index contributed by atoms with van der Waals surface area (Å²) < 4.78 is 0.923. The van der Waals surface area contributed by atoms with Crippen molar-refractivity contribution >= 4 is 32.7 Å². The second-order valence-electron chi connectivity index (χ2n) is 5.00. The topological polar surface area (TPSA) is 53.4 Å². The fourth-order valence-corrected chi connectivity index (χ4v) is 3.11. The van der Waals surface area contributed by atoms with Crippen molar-refractivity contribution in [3.05, 3.63) is 40.5 Å². The molecule has 0 spiro atoms. The van der Waals surface area contributed by atoms with Crippen LogP contribution in [0.15, 0.2) is 34.9 Å². The first-order chi connectivity index (χ1) is 9.70. The number of benzene rings is 1. The molecule has 0 bridgehead atoms. The minimum atomic E-state index is -0.0575. The lowest BCUT2D eigenvalue weighted by atomic mass is 10.1. The first-order valence-corrected chi connectivity index (χ1v) is 7.46. The molecule has 1 amide bonds. The molecule has 1 aromatic heterocycles. The molecule has 2 aromatic rings. The van der Waals surface area contributed by atoms with Gasteiger partial charge in [0.15, 0.2) is 0 Å². The molecule has 104 valence electrons. The molecule has 1 fully saturated rings. The quantitative estimate of drug-likeness (QED) is 0.918. The Morgan fingerprint density at radius 1 is 1.45 bits per heavy atom. The molecule has 0 unspecified atom stereocenters. The van der Waals surface area contributed by atoms with Gasteiger partial charge in [0.25, 0.3) is 5.91 Å². The Labute approximate surface area is 125 Å². The van der Waals surface area contributed by atoms with Gasteiger partial charge in [0.2, 0.25) is 0 Å². The van der Waals surface area contributed by atoms with Crippen molar-refractivity contribution < 1.29 is 9.90 Å². The lowest BCUT2D eigenvalue weighted by Gasteiger charge is -2.23. The van der Waals surface area contributed by atoms with E-state index in [1.807, 2.05) is 18.2 Å². The third-order valence-corrected chi connectivity index (χ3v) is 4.28. The summed E-state index contributed by atoms with van der Waals surface area (Å²) in [5.74, 6) is -0.0212. The van der Waals surface area contributed by atoms with E-state index in [4.69, 9.17) is 0 Å². The number of carbonyl (C=O) groups excluding carboxylic acids is 1. The Balaban J connectivity index is 2.05. The molecule has 1 aromatic carbocycles. The summed E-state index contributed by atoms with van der Waals surface area (Å²) in [6.07, 6.45) is 3.48. The summed E-state index contributed by atoms with van der Waals surface area (Å²) in [7, 11) is 0. The monoisotopic (exact) mass is 334 g/mol. The smallest absolute Gasteiger partial charge is 0.254 e. The fourth-order valence-electron chi connectivity index (χ4n) is 2.75. The molecular formula is C15H15BrN2O2. The molecule has 4 nitrogen and oxygen atoms in total. The second-order valence-corrected chi connectivity index (χ2v) is 5.91. The van der Waals surface area contributed by atoms with Crippen LogP contribution in [0.2, 0.25) is 0 Å². The lowest BCUT2D eigenvalue weighted by Crippen LogP contribution is -2.37. The Bertz CT molecular complexity index is 659. The van der Waals surface area contributed by atoms with E-state index in [2.05, 4.69) is 20.9 Å². The number of likely N-dealkylation sites (tertiary alicyclic amines) is 1. The average Bonchev–Trinajstić information content (AvgIpc) is 2.94. The first-order valence-electron chi connectivity index (χ1n) is 6.67. The van der Waals surface area contributed by atoms with E-state index >= 15 is 0 Å². The van der Waals surface area contributed by atoms with E-state index < -0.39 is 0 Å². The van der Waals surface area contributed by atoms with Gasteiger partial charge in [0.05, 0.1) is 23.7 Å². The van der Waals surface area contributed by atoms with Crippen LogP contribution in [0.4, 0.5) is 0 Å². The molecule has 1 atom stereocenters. The zero-order valence-corrected chi connectivity index (χ0v) is 12.5. The number of nitrogens with zero attached hydrogens (tertiary/aromatic N) is 2. The van der Waals surface area contributed by atoms with E-state index in [0.717, 1.165) is 28.2 Å². The van der Waals surface area contributed by atoms with Gasteiger partial charge in [-0.05, 0) is 37.1 Å². The lowest BCUT2D eigenvalue weighted by molar-refractivity contribution is 0.0679. The van der Waals surface area contributed by atoms with E-state index in [1.165, 1.54) is 0 Å². The van der Waals surface area contributed by atoms with Gasteiger partial charge in [-0.2, -0.15) is 0 Å². The summed E-state index contributed by atoms with van der Waals surface area (Å²) in [6.45, 7) is 0.736. The predicted octanol–water partition coefficient (Wildman–Crippen LogP) is 2.59. The van der Waals surface area contributed by atoms with Gasteiger partial charge in [-0.3, -0.25) is 9.78 Å². The largest absolute Gasteiger partial charge is 0.394 e. The van der Waals surface area contributed by atoms with Crippen molar-refractivity contribution in [3.8, 4) is 0 Å². The minimum absolute atomic E-state index is 0.0212.